The number of thiophene rings is 1. The number of carbonyl (C=O) groups excluding carboxylic acids is 4. The van der Waals surface area contributed by atoms with Crippen LogP contribution in [0.1, 0.15) is 63.4 Å². The summed E-state index contributed by atoms with van der Waals surface area (Å²) in [4.78, 5) is 54.7. The SMILES string of the molecule is CCOC(=O)c1c(NC(=O)C(C)Sc2cccc(NC(=O)/C(=C/c3cccc(OC)c3)NC(=O)c3ccccc3)c2)sc2c1CCCC2. The number of ether oxygens (including phenoxy) is 2. The van der Waals surface area contributed by atoms with Crippen LogP contribution in [0.3, 0.4) is 0 Å². The van der Waals surface area contributed by atoms with Crippen molar-refractivity contribution in [1.82, 2.24) is 5.32 Å². The van der Waals surface area contributed by atoms with Crippen LogP contribution in [0.15, 0.2) is 89.5 Å². The highest BCUT2D eigenvalue weighted by Crippen LogP contribution is 2.39. The normalized spacial score (nSPS) is 13.1. The van der Waals surface area contributed by atoms with Gasteiger partial charge in [0.2, 0.25) is 5.91 Å². The molecule has 0 spiro atoms. The van der Waals surface area contributed by atoms with Crippen LogP contribution in [0.25, 0.3) is 6.08 Å². The van der Waals surface area contributed by atoms with E-state index >= 15 is 0 Å². The number of benzene rings is 3. The fourth-order valence-corrected chi connectivity index (χ4v) is 7.44. The van der Waals surface area contributed by atoms with Crippen molar-refractivity contribution in [2.75, 3.05) is 24.4 Å². The van der Waals surface area contributed by atoms with E-state index < -0.39 is 23.0 Å². The molecule has 3 N–H and O–H groups in total. The number of nitrogens with one attached hydrogen (secondary N) is 3. The first-order valence-electron chi connectivity index (χ1n) is 15.7. The summed E-state index contributed by atoms with van der Waals surface area (Å²) < 4.78 is 10.6. The van der Waals surface area contributed by atoms with Crippen molar-refractivity contribution < 1.29 is 28.7 Å². The quantitative estimate of drug-likeness (QED) is 0.0811. The highest BCUT2D eigenvalue weighted by Gasteiger charge is 2.28. The molecule has 1 heterocycles. The van der Waals surface area contributed by atoms with Gasteiger partial charge in [-0.15, -0.1) is 23.1 Å². The first-order valence-corrected chi connectivity index (χ1v) is 17.4. The van der Waals surface area contributed by atoms with Gasteiger partial charge in [0.05, 0.1) is 24.5 Å². The Morgan fingerprint density at radius 2 is 1.71 bits per heavy atom. The molecule has 1 aromatic heterocycles. The van der Waals surface area contributed by atoms with Gasteiger partial charge in [-0.2, -0.15) is 0 Å². The van der Waals surface area contributed by atoms with Gasteiger partial charge >= 0.3 is 5.97 Å². The van der Waals surface area contributed by atoms with Gasteiger partial charge in [0.1, 0.15) is 16.4 Å². The second-order valence-corrected chi connectivity index (χ2v) is 13.5. The second-order valence-electron chi connectivity index (χ2n) is 11.0. The second kappa shape index (κ2) is 16.3. The molecule has 4 aromatic rings. The largest absolute Gasteiger partial charge is 0.497 e. The van der Waals surface area contributed by atoms with Gasteiger partial charge in [0.25, 0.3) is 11.8 Å². The molecule has 1 aliphatic carbocycles. The number of hydrogen-bond acceptors (Lipinski definition) is 8. The van der Waals surface area contributed by atoms with Crippen molar-refractivity contribution in [2.45, 2.75) is 49.7 Å². The summed E-state index contributed by atoms with van der Waals surface area (Å²) in [5, 5.41) is 8.62. The van der Waals surface area contributed by atoms with E-state index in [1.165, 1.54) is 23.1 Å². The fraction of sp³-hybridized carbons (Fsp3) is 0.243. The lowest BCUT2D eigenvalue weighted by molar-refractivity contribution is -0.115. The van der Waals surface area contributed by atoms with Crippen molar-refractivity contribution in [2.24, 2.45) is 0 Å². The van der Waals surface area contributed by atoms with Crippen LogP contribution < -0.4 is 20.7 Å². The van der Waals surface area contributed by atoms with Gasteiger partial charge in [0.15, 0.2) is 0 Å². The van der Waals surface area contributed by atoms with Crippen molar-refractivity contribution in [3.8, 4) is 5.75 Å². The zero-order valence-corrected chi connectivity index (χ0v) is 28.6. The first-order chi connectivity index (χ1) is 23.2. The van der Waals surface area contributed by atoms with Gasteiger partial charge in [-0.1, -0.05) is 36.4 Å². The maximum Gasteiger partial charge on any atom is 0.341 e. The molecule has 0 fully saturated rings. The molecule has 248 valence electrons. The number of anilines is 2. The fourth-order valence-electron chi connectivity index (χ4n) is 5.23. The topological polar surface area (TPSA) is 123 Å². The zero-order valence-electron chi connectivity index (χ0n) is 27.0. The summed E-state index contributed by atoms with van der Waals surface area (Å²) in [6.07, 6.45) is 5.32. The minimum Gasteiger partial charge on any atom is -0.497 e. The predicted molar refractivity (Wildman–Crippen MR) is 191 cm³/mol. The number of carbonyl (C=O) groups is 4. The Morgan fingerprint density at radius 3 is 2.48 bits per heavy atom. The molecular formula is C37H37N3O6S2. The first kappa shape index (κ1) is 34.5. The molecule has 9 nitrogen and oxygen atoms in total. The minimum absolute atomic E-state index is 0.0407. The number of rotatable bonds is 12. The maximum absolute atomic E-state index is 13.6. The number of amides is 3. The highest BCUT2D eigenvalue weighted by molar-refractivity contribution is 8.00. The molecule has 0 bridgehead atoms. The van der Waals surface area contributed by atoms with Crippen LogP contribution in [0.4, 0.5) is 10.7 Å². The minimum atomic E-state index is -0.525. The number of esters is 1. The zero-order chi connectivity index (χ0) is 34.0. The number of thioether (sulfide) groups is 1. The molecule has 1 aliphatic rings. The van der Waals surface area contributed by atoms with Gasteiger partial charge in [-0.25, -0.2) is 4.79 Å². The van der Waals surface area contributed by atoms with Gasteiger partial charge in [-0.3, -0.25) is 14.4 Å². The third-order valence-corrected chi connectivity index (χ3v) is 9.90. The predicted octanol–water partition coefficient (Wildman–Crippen LogP) is 7.34. The molecule has 0 radical (unpaired) electrons. The van der Waals surface area contributed by atoms with E-state index in [2.05, 4.69) is 16.0 Å². The van der Waals surface area contributed by atoms with E-state index in [9.17, 15) is 19.2 Å². The van der Waals surface area contributed by atoms with Crippen molar-refractivity contribution in [1.29, 1.82) is 0 Å². The Morgan fingerprint density at radius 1 is 0.938 bits per heavy atom. The lowest BCUT2D eigenvalue weighted by atomic mass is 9.95. The van der Waals surface area contributed by atoms with Crippen LogP contribution >= 0.6 is 23.1 Å². The van der Waals surface area contributed by atoms with Gasteiger partial charge in [-0.05, 0) is 99.2 Å². The Balaban J connectivity index is 1.30. The maximum atomic E-state index is 13.6. The Hall–Kier alpha value is -4.87. The third-order valence-electron chi connectivity index (χ3n) is 7.60. The van der Waals surface area contributed by atoms with E-state index in [0.29, 0.717) is 33.1 Å². The van der Waals surface area contributed by atoms with Crippen LogP contribution in [-0.4, -0.2) is 42.7 Å². The van der Waals surface area contributed by atoms with Crippen molar-refractivity contribution in [3.63, 3.8) is 0 Å². The number of methoxy groups -OCH3 is 1. The molecule has 0 saturated heterocycles. The van der Waals surface area contributed by atoms with E-state index in [1.807, 2.05) is 12.1 Å². The van der Waals surface area contributed by atoms with E-state index in [1.54, 1.807) is 93.8 Å². The van der Waals surface area contributed by atoms with Crippen molar-refractivity contribution in [3.05, 3.63) is 112 Å². The summed E-state index contributed by atoms with van der Waals surface area (Å²) >= 11 is 2.77. The summed E-state index contributed by atoms with van der Waals surface area (Å²) in [5.41, 5.74) is 3.06. The molecular weight excluding hydrogens is 647 g/mol. The van der Waals surface area contributed by atoms with E-state index in [0.717, 1.165) is 41.0 Å². The average Bonchev–Trinajstić information content (AvgIpc) is 3.46. The molecule has 5 rings (SSSR count). The molecule has 1 atom stereocenters. The van der Waals surface area contributed by atoms with E-state index in [-0.39, 0.29) is 18.2 Å². The van der Waals surface area contributed by atoms with Crippen molar-refractivity contribution >= 4 is 63.6 Å². The van der Waals surface area contributed by atoms with Gasteiger partial charge in [0, 0.05) is 21.0 Å². The summed E-state index contributed by atoms with van der Waals surface area (Å²) in [5.74, 6) is -0.997. The highest BCUT2D eigenvalue weighted by atomic mass is 32.2. The lowest BCUT2D eigenvalue weighted by Crippen LogP contribution is -2.30. The third kappa shape index (κ3) is 8.72. The number of hydrogen-bond donors (Lipinski definition) is 3. The smallest absolute Gasteiger partial charge is 0.341 e. The molecule has 3 amide bonds. The molecule has 11 heteroatoms. The van der Waals surface area contributed by atoms with Crippen LogP contribution in [-0.2, 0) is 27.2 Å². The lowest BCUT2D eigenvalue weighted by Gasteiger charge is -2.15. The number of aryl methyl sites for hydroxylation is 1. The molecule has 3 aromatic carbocycles. The van der Waals surface area contributed by atoms with Crippen LogP contribution in [0.5, 0.6) is 5.75 Å². The Labute approximate surface area is 288 Å². The molecule has 1 unspecified atom stereocenters. The molecule has 48 heavy (non-hydrogen) atoms. The molecule has 0 aliphatic heterocycles. The van der Waals surface area contributed by atoms with E-state index in [4.69, 9.17) is 9.47 Å². The van der Waals surface area contributed by atoms with Crippen LogP contribution in [0.2, 0.25) is 0 Å². The Kier molecular flexibility index (Phi) is 11.7. The monoisotopic (exact) mass is 683 g/mol. The average molecular weight is 684 g/mol. The molecule has 0 saturated carbocycles. The summed E-state index contributed by atoms with van der Waals surface area (Å²) in [6.45, 7) is 3.81. The summed E-state index contributed by atoms with van der Waals surface area (Å²) in [6, 6.07) is 22.9. The summed E-state index contributed by atoms with van der Waals surface area (Å²) in [7, 11) is 1.55. The standard InChI is InChI=1S/C37H37N3O6S2/c1-4-46-37(44)32-29-18-8-9-19-31(29)48-36(32)40-33(41)23(2)47-28-17-11-15-26(22-28)38-35(43)30(21-24-12-10-16-27(20-24)45-3)39-34(42)25-13-6-5-7-14-25/h5-7,10-17,20-23H,4,8-9,18-19H2,1-3H3,(H,38,43)(H,39,42)(H,40,41)/b30-21-. The number of fused-ring (bicyclic) bond motifs is 1. The van der Waals surface area contributed by atoms with Gasteiger partial charge < -0.3 is 25.4 Å². The Bertz CT molecular complexity index is 1840. The van der Waals surface area contributed by atoms with Crippen LogP contribution in [0, 0.1) is 0 Å².